The molecule has 0 saturated heterocycles. The number of hydrogen-bond donors (Lipinski definition) is 0. The first-order chi connectivity index (χ1) is 7.20. The van der Waals surface area contributed by atoms with Crippen LogP contribution in [0.5, 0.6) is 0 Å². The molecule has 0 spiro atoms. The maximum absolute atomic E-state index is 11.9. The maximum Gasteiger partial charge on any atom is 0.199 e. The van der Waals surface area contributed by atoms with Crippen LogP contribution in [0.2, 0.25) is 0 Å². The van der Waals surface area contributed by atoms with Gasteiger partial charge in [0.2, 0.25) is 0 Å². The van der Waals surface area contributed by atoms with E-state index >= 15 is 0 Å². The van der Waals surface area contributed by atoms with Gasteiger partial charge in [0.05, 0.1) is 23.5 Å². The summed E-state index contributed by atoms with van der Waals surface area (Å²) >= 11 is 0. The summed E-state index contributed by atoms with van der Waals surface area (Å²) in [6, 6.07) is 0. The van der Waals surface area contributed by atoms with Gasteiger partial charge in [0.15, 0.2) is 5.78 Å². The molecule has 78 valence electrons. The minimum Gasteiger partial charge on any atom is -0.288 e. The lowest BCUT2D eigenvalue weighted by Crippen LogP contribution is -1.98. The number of carbonyl (C=O) groups is 1. The molecule has 0 atom stereocenters. The molecule has 2 aromatic heterocycles. The molecule has 0 unspecified atom stereocenters. The molecule has 5 nitrogen and oxygen atoms in total. The second kappa shape index (κ2) is 3.68. The first-order valence-electron chi connectivity index (χ1n) is 4.76. The minimum atomic E-state index is -0.0391. The Morgan fingerprint density at radius 1 is 1.27 bits per heavy atom. The number of ketones is 1. The van der Waals surface area contributed by atoms with E-state index in [-0.39, 0.29) is 5.78 Å². The molecule has 0 aromatic carbocycles. The molecule has 0 amide bonds. The Labute approximate surface area is 87.3 Å². The first kappa shape index (κ1) is 9.64. The normalized spacial score (nSPS) is 10.5. The van der Waals surface area contributed by atoms with Crippen molar-refractivity contribution >= 4 is 5.78 Å². The molecular formula is C10H12N4O. The summed E-state index contributed by atoms with van der Waals surface area (Å²) in [6.45, 7) is 2.74. The van der Waals surface area contributed by atoms with Crippen LogP contribution in [-0.2, 0) is 13.6 Å². The van der Waals surface area contributed by atoms with E-state index in [4.69, 9.17) is 0 Å². The lowest BCUT2D eigenvalue weighted by Gasteiger charge is -1.92. The first-order valence-corrected chi connectivity index (χ1v) is 4.76. The highest BCUT2D eigenvalue weighted by Crippen LogP contribution is 2.07. The number of aromatic nitrogens is 4. The van der Waals surface area contributed by atoms with E-state index < -0.39 is 0 Å². The third kappa shape index (κ3) is 1.81. The van der Waals surface area contributed by atoms with Crippen molar-refractivity contribution in [2.75, 3.05) is 0 Å². The van der Waals surface area contributed by atoms with Crippen molar-refractivity contribution in [1.29, 1.82) is 0 Å². The average Bonchev–Trinajstić information content (AvgIpc) is 2.84. The number of hydrogen-bond acceptors (Lipinski definition) is 3. The van der Waals surface area contributed by atoms with Crippen LogP contribution < -0.4 is 0 Å². The van der Waals surface area contributed by atoms with E-state index in [1.807, 2.05) is 6.92 Å². The number of rotatable bonds is 3. The van der Waals surface area contributed by atoms with Crippen LogP contribution in [0.25, 0.3) is 0 Å². The Bertz CT molecular complexity index is 483. The Morgan fingerprint density at radius 2 is 1.93 bits per heavy atom. The second-order valence-electron chi connectivity index (χ2n) is 3.32. The van der Waals surface area contributed by atoms with Crippen molar-refractivity contribution in [2.24, 2.45) is 7.05 Å². The topological polar surface area (TPSA) is 52.7 Å². The quantitative estimate of drug-likeness (QED) is 0.697. The monoisotopic (exact) mass is 204 g/mol. The van der Waals surface area contributed by atoms with E-state index in [0.29, 0.717) is 11.1 Å². The maximum atomic E-state index is 11.9. The fraction of sp³-hybridized carbons (Fsp3) is 0.300. The molecule has 0 radical (unpaired) electrons. The zero-order valence-electron chi connectivity index (χ0n) is 8.71. The van der Waals surface area contributed by atoms with Gasteiger partial charge in [-0.05, 0) is 6.92 Å². The molecule has 0 aliphatic rings. The van der Waals surface area contributed by atoms with Crippen molar-refractivity contribution in [3.8, 4) is 0 Å². The van der Waals surface area contributed by atoms with Crippen LogP contribution in [0.4, 0.5) is 0 Å². The highest BCUT2D eigenvalue weighted by Gasteiger charge is 2.12. The SMILES string of the molecule is CCn1cc(C(=O)c2cnn(C)c2)cn1. The summed E-state index contributed by atoms with van der Waals surface area (Å²) in [5.41, 5.74) is 1.19. The molecule has 0 aliphatic carbocycles. The van der Waals surface area contributed by atoms with Crippen molar-refractivity contribution < 1.29 is 4.79 Å². The molecular weight excluding hydrogens is 192 g/mol. The van der Waals surface area contributed by atoms with Gasteiger partial charge in [-0.2, -0.15) is 10.2 Å². The van der Waals surface area contributed by atoms with Crippen LogP contribution in [0.3, 0.4) is 0 Å². The molecule has 5 heteroatoms. The third-order valence-corrected chi connectivity index (χ3v) is 2.19. The van der Waals surface area contributed by atoms with Crippen molar-refractivity contribution in [3.63, 3.8) is 0 Å². The fourth-order valence-corrected chi connectivity index (χ4v) is 1.36. The summed E-state index contributed by atoms with van der Waals surface area (Å²) in [6.07, 6.45) is 6.59. The summed E-state index contributed by atoms with van der Waals surface area (Å²) in [4.78, 5) is 11.9. The van der Waals surface area contributed by atoms with Crippen molar-refractivity contribution in [3.05, 3.63) is 35.9 Å². The van der Waals surface area contributed by atoms with E-state index in [2.05, 4.69) is 10.2 Å². The summed E-state index contributed by atoms with van der Waals surface area (Å²) in [5.74, 6) is -0.0391. The predicted octanol–water partition coefficient (Wildman–Crippen LogP) is 0.867. The Balaban J connectivity index is 2.28. The molecule has 2 heterocycles. The van der Waals surface area contributed by atoms with Crippen LogP contribution in [0.1, 0.15) is 22.8 Å². The Morgan fingerprint density at radius 3 is 2.47 bits per heavy atom. The second-order valence-corrected chi connectivity index (χ2v) is 3.32. The van der Waals surface area contributed by atoms with E-state index in [1.165, 1.54) is 0 Å². The van der Waals surface area contributed by atoms with Gasteiger partial charge in [-0.1, -0.05) is 0 Å². The molecule has 0 bridgehead atoms. The van der Waals surface area contributed by atoms with Crippen LogP contribution >= 0.6 is 0 Å². The lowest BCUT2D eigenvalue weighted by molar-refractivity contribution is 0.103. The summed E-state index contributed by atoms with van der Waals surface area (Å²) < 4.78 is 3.33. The zero-order valence-corrected chi connectivity index (χ0v) is 8.71. The van der Waals surface area contributed by atoms with Gasteiger partial charge in [-0.25, -0.2) is 0 Å². The standard InChI is InChI=1S/C10H12N4O/c1-3-14-7-9(5-12-14)10(15)8-4-11-13(2)6-8/h4-7H,3H2,1-2H3. The largest absolute Gasteiger partial charge is 0.288 e. The lowest BCUT2D eigenvalue weighted by atomic mass is 10.1. The summed E-state index contributed by atoms with van der Waals surface area (Å²) in [7, 11) is 1.78. The van der Waals surface area contributed by atoms with Gasteiger partial charge in [0, 0.05) is 26.0 Å². The Kier molecular flexibility index (Phi) is 2.37. The van der Waals surface area contributed by atoms with E-state index in [1.54, 1.807) is 41.2 Å². The van der Waals surface area contributed by atoms with Gasteiger partial charge in [0.25, 0.3) is 0 Å². The fourth-order valence-electron chi connectivity index (χ4n) is 1.36. The zero-order chi connectivity index (χ0) is 10.8. The number of aryl methyl sites for hydroxylation is 2. The third-order valence-electron chi connectivity index (χ3n) is 2.19. The van der Waals surface area contributed by atoms with Crippen LogP contribution in [0, 0.1) is 0 Å². The van der Waals surface area contributed by atoms with Crippen LogP contribution in [0.15, 0.2) is 24.8 Å². The van der Waals surface area contributed by atoms with Crippen molar-refractivity contribution in [2.45, 2.75) is 13.5 Å². The molecule has 0 fully saturated rings. The predicted molar refractivity (Wildman–Crippen MR) is 54.5 cm³/mol. The van der Waals surface area contributed by atoms with Gasteiger partial charge in [0.1, 0.15) is 0 Å². The summed E-state index contributed by atoms with van der Waals surface area (Å²) in [5, 5.41) is 8.02. The van der Waals surface area contributed by atoms with E-state index in [9.17, 15) is 4.79 Å². The smallest absolute Gasteiger partial charge is 0.199 e. The highest BCUT2D eigenvalue weighted by molar-refractivity contribution is 6.08. The molecule has 15 heavy (non-hydrogen) atoms. The molecule has 2 rings (SSSR count). The van der Waals surface area contributed by atoms with Gasteiger partial charge in [-0.15, -0.1) is 0 Å². The van der Waals surface area contributed by atoms with Gasteiger partial charge in [-0.3, -0.25) is 14.2 Å². The molecule has 0 N–H and O–H groups in total. The molecule has 0 aliphatic heterocycles. The van der Waals surface area contributed by atoms with Gasteiger partial charge < -0.3 is 0 Å². The molecule has 2 aromatic rings. The van der Waals surface area contributed by atoms with Gasteiger partial charge >= 0.3 is 0 Å². The molecule has 0 saturated carbocycles. The minimum absolute atomic E-state index is 0.0391. The highest BCUT2D eigenvalue weighted by atomic mass is 16.1. The number of carbonyl (C=O) groups excluding carboxylic acids is 1. The van der Waals surface area contributed by atoms with Crippen molar-refractivity contribution in [1.82, 2.24) is 19.6 Å². The van der Waals surface area contributed by atoms with E-state index in [0.717, 1.165) is 6.54 Å². The van der Waals surface area contributed by atoms with Crippen LogP contribution in [-0.4, -0.2) is 25.3 Å². The number of nitrogens with zero attached hydrogens (tertiary/aromatic N) is 4. The average molecular weight is 204 g/mol. The Hall–Kier alpha value is -1.91.